The third kappa shape index (κ3) is 3.28. The molecule has 0 radical (unpaired) electrons. The van der Waals surface area contributed by atoms with Gasteiger partial charge in [-0.25, -0.2) is 0 Å². The maximum Gasteiger partial charge on any atom is 0.0979 e. The third-order valence-electron chi connectivity index (χ3n) is 2.94. The van der Waals surface area contributed by atoms with Gasteiger partial charge < -0.3 is 4.74 Å². The van der Waals surface area contributed by atoms with Gasteiger partial charge in [-0.3, -0.25) is 5.32 Å². The van der Waals surface area contributed by atoms with Crippen molar-refractivity contribution < 1.29 is 4.74 Å². The van der Waals surface area contributed by atoms with Crippen LogP contribution in [-0.4, -0.2) is 25.3 Å². The molecule has 3 nitrogen and oxygen atoms in total. The number of ether oxygens (including phenoxy) is 1. The van der Waals surface area contributed by atoms with E-state index in [1.54, 1.807) is 0 Å². The van der Waals surface area contributed by atoms with E-state index in [2.05, 4.69) is 25.2 Å². The van der Waals surface area contributed by atoms with Crippen LogP contribution >= 0.6 is 0 Å². The zero-order valence-corrected chi connectivity index (χ0v) is 9.12. The van der Waals surface area contributed by atoms with Crippen LogP contribution in [0.3, 0.4) is 0 Å². The molecule has 0 spiro atoms. The summed E-state index contributed by atoms with van der Waals surface area (Å²) in [7, 11) is 0. The van der Waals surface area contributed by atoms with Crippen LogP contribution in [0.5, 0.6) is 0 Å². The Labute approximate surface area is 86.4 Å². The molecule has 0 bridgehead atoms. The summed E-state index contributed by atoms with van der Waals surface area (Å²) in [5.41, 5.74) is 0. The second-order valence-electron chi connectivity index (χ2n) is 4.04. The quantitative estimate of drug-likeness (QED) is 0.728. The Hall–Kier alpha value is -0.590. The second-order valence-corrected chi connectivity index (χ2v) is 4.04. The van der Waals surface area contributed by atoms with E-state index in [1.807, 2.05) is 0 Å². The van der Waals surface area contributed by atoms with Crippen LogP contribution in [0.15, 0.2) is 0 Å². The first-order chi connectivity index (χ1) is 6.77. The van der Waals surface area contributed by atoms with Gasteiger partial charge in [0, 0.05) is 13.2 Å². The van der Waals surface area contributed by atoms with Gasteiger partial charge in [-0.05, 0) is 18.8 Å². The number of nitriles is 1. The van der Waals surface area contributed by atoms with E-state index in [0.29, 0.717) is 12.0 Å². The largest absolute Gasteiger partial charge is 0.377 e. The molecular weight excluding hydrogens is 176 g/mol. The van der Waals surface area contributed by atoms with E-state index in [1.165, 1.54) is 0 Å². The fourth-order valence-electron chi connectivity index (χ4n) is 1.67. The van der Waals surface area contributed by atoms with Crippen molar-refractivity contribution in [3.63, 3.8) is 0 Å². The first kappa shape index (κ1) is 11.5. The van der Waals surface area contributed by atoms with Crippen LogP contribution in [0, 0.1) is 17.2 Å². The van der Waals surface area contributed by atoms with E-state index in [0.717, 1.165) is 32.4 Å². The Morgan fingerprint density at radius 2 is 2.43 bits per heavy atom. The van der Waals surface area contributed by atoms with Gasteiger partial charge in [0.25, 0.3) is 0 Å². The molecule has 3 unspecified atom stereocenters. The Bertz CT molecular complexity index is 194. The molecule has 1 aliphatic rings. The minimum Gasteiger partial charge on any atom is -0.377 e. The Kier molecular flexibility index (Phi) is 4.92. The van der Waals surface area contributed by atoms with Crippen molar-refractivity contribution in [3.05, 3.63) is 0 Å². The smallest absolute Gasteiger partial charge is 0.0979 e. The van der Waals surface area contributed by atoms with E-state index in [9.17, 15) is 0 Å². The van der Waals surface area contributed by atoms with Crippen molar-refractivity contribution in [3.8, 4) is 6.07 Å². The summed E-state index contributed by atoms with van der Waals surface area (Å²) in [6.07, 6.45) is 3.66. The van der Waals surface area contributed by atoms with Crippen LogP contribution in [0.25, 0.3) is 0 Å². The lowest BCUT2D eigenvalue weighted by atomic mass is 10.0. The van der Waals surface area contributed by atoms with Gasteiger partial charge in [0.2, 0.25) is 0 Å². The monoisotopic (exact) mass is 196 g/mol. The number of hydrogen-bond acceptors (Lipinski definition) is 3. The van der Waals surface area contributed by atoms with Gasteiger partial charge in [0.1, 0.15) is 0 Å². The molecule has 3 heteroatoms. The van der Waals surface area contributed by atoms with Gasteiger partial charge in [-0.1, -0.05) is 20.3 Å². The van der Waals surface area contributed by atoms with Gasteiger partial charge in [-0.15, -0.1) is 0 Å². The SMILES string of the molecule is CCC(C)C(C#N)NCC1CCCO1. The highest BCUT2D eigenvalue weighted by molar-refractivity contribution is 4.93. The van der Waals surface area contributed by atoms with E-state index >= 15 is 0 Å². The van der Waals surface area contributed by atoms with Crippen LogP contribution in [0.1, 0.15) is 33.1 Å². The normalized spacial score (nSPS) is 25.6. The minimum atomic E-state index is -0.0239. The predicted molar refractivity (Wildman–Crippen MR) is 55.8 cm³/mol. The molecule has 1 aliphatic heterocycles. The highest BCUT2D eigenvalue weighted by Crippen LogP contribution is 2.12. The molecule has 1 fully saturated rings. The zero-order valence-electron chi connectivity index (χ0n) is 9.12. The molecule has 1 saturated heterocycles. The number of nitrogens with zero attached hydrogens (tertiary/aromatic N) is 1. The maximum atomic E-state index is 8.95. The molecule has 3 atom stereocenters. The lowest BCUT2D eigenvalue weighted by molar-refractivity contribution is 0.107. The van der Waals surface area contributed by atoms with E-state index in [-0.39, 0.29) is 6.04 Å². The molecule has 1 N–H and O–H groups in total. The highest BCUT2D eigenvalue weighted by atomic mass is 16.5. The van der Waals surface area contributed by atoms with Crippen molar-refractivity contribution in [2.45, 2.75) is 45.3 Å². The number of nitrogens with one attached hydrogen (secondary N) is 1. The fourth-order valence-corrected chi connectivity index (χ4v) is 1.67. The predicted octanol–water partition coefficient (Wildman–Crippen LogP) is 1.69. The standard InChI is InChI=1S/C11H20N2O/c1-3-9(2)11(7-12)13-8-10-5-4-6-14-10/h9-11,13H,3-6,8H2,1-2H3. The van der Waals surface area contributed by atoms with E-state index < -0.39 is 0 Å². The summed E-state index contributed by atoms with van der Waals surface area (Å²) in [4.78, 5) is 0. The Balaban J connectivity index is 2.23. The molecule has 0 aromatic rings. The summed E-state index contributed by atoms with van der Waals surface area (Å²) in [5.74, 6) is 0.418. The van der Waals surface area contributed by atoms with E-state index in [4.69, 9.17) is 10.00 Å². The first-order valence-electron chi connectivity index (χ1n) is 5.52. The van der Waals surface area contributed by atoms with Crippen LogP contribution < -0.4 is 5.32 Å². The molecule has 0 aliphatic carbocycles. The lowest BCUT2D eigenvalue weighted by Gasteiger charge is -2.19. The van der Waals surface area contributed by atoms with Crippen LogP contribution in [0.4, 0.5) is 0 Å². The second kappa shape index (κ2) is 6.00. The summed E-state index contributed by atoms with van der Waals surface area (Å²) >= 11 is 0. The zero-order chi connectivity index (χ0) is 10.4. The first-order valence-corrected chi connectivity index (χ1v) is 5.52. The average molecular weight is 196 g/mol. The Morgan fingerprint density at radius 3 is 2.93 bits per heavy atom. The summed E-state index contributed by atoms with van der Waals surface area (Å²) < 4.78 is 5.49. The number of hydrogen-bond donors (Lipinski definition) is 1. The van der Waals surface area contributed by atoms with Gasteiger partial charge in [-0.2, -0.15) is 5.26 Å². The van der Waals surface area contributed by atoms with Crippen molar-refractivity contribution in [2.24, 2.45) is 5.92 Å². The highest BCUT2D eigenvalue weighted by Gasteiger charge is 2.19. The topological polar surface area (TPSA) is 45.0 Å². The lowest BCUT2D eigenvalue weighted by Crippen LogP contribution is -2.38. The third-order valence-corrected chi connectivity index (χ3v) is 2.94. The molecule has 1 heterocycles. The number of rotatable bonds is 5. The fraction of sp³-hybridized carbons (Fsp3) is 0.909. The minimum absolute atomic E-state index is 0.0239. The average Bonchev–Trinajstić information content (AvgIpc) is 2.71. The van der Waals surface area contributed by atoms with Crippen LogP contribution in [0.2, 0.25) is 0 Å². The summed E-state index contributed by atoms with van der Waals surface area (Å²) in [6, 6.07) is 2.29. The van der Waals surface area contributed by atoms with Gasteiger partial charge >= 0.3 is 0 Å². The molecule has 80 valence electrons. The molecule has 14 heavy (non-hydrogen) atoms. The van der Waals surface area contributed by atoms with Gasteiger partial charge in [0.15, 0.2) is 0 Å². The van der Waals surface area contributed by atoms with Crippen molar-refractivity contribution in [1.82, 2.24) is 5.32 Å². The molecule has 0 aromatic carbocycles. The summed E-state index contributed by atoms with van der Waals surface area (Å²) in [6.45, 7) is 5.93. The molecule has 1 rings (SSSR count). The molecule has 0 saturated carbocycles. The molecular formula is C11H20N2O. The van der Waals surface area contributed by atoms with Gasteiger partial charge in [0.05, 0.1) is 18.2 Å². The van der Waals surface area contributed by atoms with Crippen molar-refractivity contribution >= 4 is 0 Å². The molecule has 0 amide bonds. The van der Waals surface area contributed by atoms with Crippen molar-refractivity contribution in [1.29, 1.82) is 5.26 Å². The Morgan fingerprint density at radius 1 is 1.64 bits per heavy atom. The summed E-state index contributed by atoms with van der Waals surface area (Å²) in [5, 5.41) is 12.2. The van der Waals surface area contributed by atoms with Crippen molar-refractivity contribution in [2.75, 3.05) is 13.2 Å². The maximum absolute atomic E-state index is 8.95. The molecule has 0 aromatic heterocycles. The van der Waals surface area contributed by atoms with Crippen LogP contribution in [-0.2, 0) is 4.74 Å².